The van der Waals surface area contributed by atoms with Gasteiger partial charge >= 0.3 is 0 Å². The number of aromatic nitrogens is 1. The second-order valence-electron chi connectivity index (χ2n) is 8.21. The molecular weight excluding hydrogens is 478 g/mol. The van der Waals surface area contributed by atoms with Gasteiger partial charge in [-0.25, -0.2) is 4.98 Å². The van der Waals surface area contributed by atoms with Crippen LogP contribution in [0.5, 0.6) is 0 Å². The third-order valence-corrected chi connectivity index (χ3v) is 7.05. The quantitative estimate of drug-likeness (QED) is 0.255. The summed E-state index contributed by atoms with van der Waals surface area (Å²) in [6, 6.07) is 17.5. The summed E-state index contributed by atoms with van der Waals surface area (Å²) >= 11 is 2.82. The number of carbonyl (C=O) groups excluding carboxylic acids is 3. The Morgan fingerprint density at radius 3 is 2.37 bits per heavy atom. The number of hydrogen-bond donors (Lipinski definition) is 2. The zero-order valence-corrected chi connectivity index (χ0v) is 21.6. The number of unbranched alkanes of at least 4 members (excludes halogenated alkanes) is 3. The van der Waals surface area contributed by atoms with Crippen LogP contribution in [0.1, 0.15) is 51.0 Å². The molecule has 0 unspecified atom stereocenters. The van der Waals surface area contributed by atoms with Gasteiger partial charge in [0.2, 0.25) is 11.8 Å². The first-order valence-electron chi connectivity index (χ1n) is 11.8. The number of hydrogen-bond acceptors (Lipinski definition) is 6. The van der Waals surface area contributed by atoms with Crippen LogP contribution in [0.2, 0.25) is 0 Å². The van der Waals surface area contributed by atoms with Crippen molar-refractivity contribution in [3.05, 3.63) is 65.5 Å². The predicted octanol–water partition coefficient (Wildman–Crippen LogP) is 6.55. The lowest BCUT2D eigenvalue weighted by Crippen LogP contribution is -2.10. The molecule has 3 rings (SSSR count). The van der Waals surface area contributed by atoms with E-state index in [-0.39, 0.29) is 16.9 Å². The van der Waals surface area contributed by atoms with E-state index in [0.29, 0.717) is 18.0 Å². The minimum Gasteiger partial charge on any atom is -0.326 e. The summed E-state index contributed by atoms with van der Waals surface area (Å²) in [6.07, 6.45) is 5.63. The van der Waals surface area contributed by atoms with Gasteiger partial charge in [-0.15, -0.1) is 11.3 Å². The molecule has 0 aliphatic heterocycles. The van der Waals surface area contributed by atoms with E-state index in [1.165, 1.54) is 35.6 Å². The molecule has 35 heavy (non-hydrogen) atoms. The number of anilines is 2. The Kier molecular flexibility index (Phi) is 11.0. The molecule has 0 radical (unpaired) electrons. The number of nitrogens with one attached hydrogen (secondary N) is 2. The molecule has 0 aliphatic carbocycles. The van der Waals surface area contributed by atoms with Crippen molar-refractivity contribution in [2.45, 2.75) is 51.9 Å². The first-order valence-corrected chi connectivity index (χ1v) is 13.7. The van der Waals surface area contributed by atoms with E-state index in [4.69, 9.17) is 0 Å². The maximum absolute atomic E-state index is 12.2. The van der Waals surface area contributed by atoms with Gasteiger partial charge in [-0.3, -0.25) is 14.4 Å². The Labute approximate surface area is 214 Å². The minimum atomic E-state index is -0.111. The second-order valence-corrected chi connectivity index (χ2v) is 10.2. The van der Waals surface area contributed by atoms with E-state index >= 15 is 0 Å². The monoisotopic (exact) mass is 509 g/mol. The fraction of sp³-hybridized carbons (Fsp3) is 0.333. The molecule has 0 fully saturated rings. The normalized spacial score (nSPS) is 10.7. The zero-order valence-electron chi connectivity index (χ0n) is 19.9. The van der Waals surface area contributed by atoms with Crippen molar-refractivity contribution >= 4 is 50.8 Å². The Morgan fingerprint density at radius 2 is 1.63 bits per heavy atom. The van der Waals surface area contributed by atoms with Crippen LogP contribution in [-0.2, 0) is 20.8 Å². The van der Waals surface area contributed by atoms with Crippen molar-refractivity contribution in [1.82, 2.24) is 4.98 Å². The molecule has 6 nitrogen and oxygen atoms in total. The molecular formula is C27H31N3O3S2. The van der Waals surface area contributed by atoms with Crippen LogP contribution in [0.25, 0.3) is 11.3 Å². The first kappa shape index (κ1) is 26.6. The highest BCUT2D eigenvalue weighted by atomic mass is 32.2. The number of amides is 2. The number of nitrogens with zero attached hydrogens (tertiary/aromatic N) is 1. The van der Waals surface area contributed by atoms with Crippen LogP contribution < -0.4 is 10.6 Å². The molecule has 0 saturated heterocycles. The summed E-state index contributed by atoms with van der Waals surface area (Å²) in [5.74, 6) is 0.699. The maximum Gasteiger partial charge on any atom is 0.226 e. The lowest BCUT2D eigenvalue weighted by molar-refractivity contribution is -0.116. The van der Waals surface area contributed by atoms with Crippen LogP contribution in [0, 0.1) is 0 Å². The van der Waals surface area contributed by atoms with Crippen LogP contribution in [-0.4, -0.2) is 27.7 Å². The summed E-state index contributed by atoms with van der Waals surface area (Å²) < 4.78 is 0. The first-order chi connectivity index (χ1) is 17.0. The Bertz CT molecular complexity index is 1100. The Morgan fingerprint density at radius 1 is 0.886 bits per heavy atom. The van der Waals surface area contributed by atoms with E-state index in [9.17, 15) is 14.4 Å². The number of benzene rings is 2. The second kappa shape index (κ2) is 14.4. The molecule has 8 heteroatoms. The molecule has 0 atom stereocenters. The summed E-state index contributed by atoms with van der Waals surface area (Å²) in [5.41, 5.74) is 3.65. The van der Waals surface area contributed by atoms with Crippen molar-refractivity contribution in [2.24, 2.45) is 0 Å². The Hall–Kier alpha value is -2.97. The van der Waals surface area contributed by atoms with Gasteiger partial charge in [0.15, 0.2) is 10.2 Å². The smallest absolute Gasteiger partial charge is 0.226 e. The molecule has 0 aliphatic rings. The van der Waals surface area contributed by atoms with E-state index in [2.05, 4.69) is 27.8 Å². The summed E-state index contributed by atoms with van der Waals surface area (Å²) in [4.78, 5) is 39.9. The Balaban J connectivity index is 1.25. The highest BCUT2D eigenvalue weighted by molar-refractivity contribution is 8.13. The summed E-state index contributed by atoms with van der Waals surface area (Å²) in [6.45, 7) is 1.47. The van der Waals surface area contributed by atoms with Gasteiger partial charge in [0.05, 0.1) is 5.69 Å². The fourth-order valence-electron chi connectivity index (χ4n) is 3.46. The molecule has 184 valence electrons. The lowest BCUT2D eigenvalue weighted by Gasteiger charge is -2.04. The highest BCUT2D eigenvalue weighted by Crippen LogP contribution is 2.26. The average molecular weight is 510 g/mol. The topological polar surface area (TPSA) is 88.2 Å². The van der Waals surface area contributed by atoms with Gasteiger partial charge in [-0.2, -0.15) is 0 Å². The number of carbonyl (C=O) groups is 3. The summed E-state index contributed by atoms with van der Waals surface area (Å²) in [7, 11) is 0. The van der Waals surface area contributed by atoms with E-state index in [1.54, 1.807) is 0 Å². The molecule has 2 N–H and O–H groups in total. The largest absolute Gasteiger partial charge is 0.326 e. The van der Waals surface area contributed by atoms with Crippen molar-refractivity contribution in [3.63, 3.8) is 0 Å². The highest BCUT2D eigenvalue weighted by Gasteiger charge is 2.09. The van der Waals surface area contributed by atoms with Gasteiger partial charge in [0.25, 0.3) is 0 Å². The van der Waals surface area contributed by atoms with Gasteiger partial charge in [-0.05, 0) is 37.0 Å². The average Bonchev–Trinajstić information content (AvgIpc) is 3.31. The minimum absolute atomic E-state index is 0.0302. The van der Waals surface area contributed by atoms with Crippen molar-refractivity contribution in [3.8, 4) is 11.3 Å². The van der Waals surface area contributed by atoms with Gasteiger partial charge in [-0.1, -0.05) is 67.1 Å². The van der Waals surface area contributed by atoms with Crippen molar-refractivity contribution in [1.29, 1.82) is 0 Å². The standard InChI is InChI=1S/C27H31N3O3S2/c1-20(31)28-23-15-13-22(14-16-23)24-19-35-27(29-24)30-25(32)11-7-2-3-8-18-34-26(33)17-12-21-9-5-4-6-10-21/h4-6,9-10,13-16,19H,2-3,7-8,11-12,17-18H2,1H3,(H,28,31)(H,29,30,32). The van der Waals surface area contributed by atoms with Gasteiger partial charge in [0.1, 0.15) is 0 Å². The molecule has 2 amide bonds. The number of aryl methyl sites for hydroxylation is 1. The van der Waals surface area contributed by atoms with Crippen LogP contribution in [0.4, 0.5) is 10.8 Å². The van der Waals surface area contributed by atoms with Crippen molar-refractivity contribution in [2.75, 3.05) is 16.4 Å². The van der Waals surface area contributed by atoms with E-state index < -0.39 is 0 Å². The van der Waals surface area contributed by atoms with Gasteiger partial charge in [0, 0.05) is 42.1 Å². The van der Waals surface area contributed by atoms with Crippen LogP contribution in [0.15, 0.2) is 60.0 Å². The van der Waals surface area contributed by atoms with E-state index in [1.807, 2.05) is 47.8 Å². The van der Waals surface area contributed by atoms with Crippen LogP contribution in [0.3, 0.4) is 0 Å². The molecule has 0 bridgehead atoms. The molecule has 3 aromatic rings. The molecule has 0 spiro atoms. The zero-order chi connectivity index (χ0) is 24.9. The third-order valence-electron chi connectivity index (χ3n) is 5.27. The molecule has 2 aromatic carbocycles. The van der Waals surface area contributed by atoms with E-state index in [0.717, 1.165) is 54.8 Å². The maximum atomic E-state index is 12.2. The molecule has 1 aromatic heterocycles. The lowest BCUT2D eigenvalue weighted by atomic mass is 10.1. The predicted molar refractivity (Wildman–Crippen MR) is 146 cm³/mol. The number of thioether (sulfide) groups is 1. The number of thiazole rings is 1. The van der Waals surface area contributed by atoms with Crippen LogP contribution >= 0.6 is 23.1 Å². The summed E-state index contributed by atoms with van der Waals surface area (Å²) in [5, 5.41) is 8.35. The third kappa shape index (κ3) is 10.0. The van der Waals surface area contributed by atoms with Gasteiger partial charge < -0.3 is 10.6 Å². The number of rotatable bonds is 13. The van der Waals surface area contributed by atoms with Crippen molar-refractivity contribution < 1.29 is 14.4 Å². The molecule has 1 heterocycles. The fourth-order valence-corrected chi connectivity index (χ4v) is 5.02. The SMILES string of the molecule is CC(=O)Nc1ccc(-c2csc(NC(=O)CCCCCCSC(=O)CCc3ccccc3)n2)cc1. The molecule has 0 saturated carbocycles.